The molecule has 2 aromatic rings. The number of nitrogens with one attached hydrogen (secondary N) is 2. The second kappa shape index (κ2) is 9.49. The number of aryl methyl sites for hydroxylation is 1. The number of carbonyl (C=O) groups excluding carboxylic acids is 3. The van der Waals surface area contributed by atoms with E-state index in [1.54, 1.807) is 19.1 Å². The number of imide groups is 1. The Morgan fingerprint density at radius 1 is 1.07 bits per heavy atom. The summed E-state index contributed by atoms with van der Waals surface area (Å²) in [5.74, 6) is -1.72. The molecule has 1 aliphatic rings. The van der Waals surface area contributed by atoms with Crippen LogP contribution in [0.5, 0.6) is 0 Å². The van der Waals surface area contributed by atoms with Crippen molar-refractivity contribution in [3.63, 3.8) is 0 Å². The third-order valence-corrected chi connectivity index (χ3v) is 5.81. The smallest absolute Gasteiger partial charge is 0.337 e. The van der Waals surface area contributed by atoms with Crippen molar-refractivity contribution < 1.29 is 19.1 Å². The second-order valence-electron chi connectivity index (χ2n) is 6.73. The Labute approximate surface area is 179 Å². The van der Waals surface area contributed by atoms with Crippen molar-refractivity contribution >= 4 is 35.4 Å². The zero-order valence-corrected chi connectivity index (χ0v) is 17.5. The first-order chi connectivity index (χ1) is 14.4. The van der Waals surface area contributed by atoms with Crippen LogP contribution in [0.3, 0.4) is 0 Å². The first-order valence-corrected chi connectivity index (χ1v) is 10.4. The van der Waals surface area contributed by atoms with Crippen molar-refractivity contribution in [1.29, 1.82) is 0 Å². The monoisotopic (exact) mass is 425 g/mol. The summed E-state index contributed by atoms with van der Waals surface area (Å²) in [5, 5.41) is 4.42. The minimum Gasteiger partial charge on any atom is -0.463 e. The maximum Gasteiger partial charge on any atom is 0.337 e. The van der Waals surface area contributed by atoms with Gasteiger partial charge in [-0.2, -0.15) is 0 Å². The van der Waals surface area contributed by atoms with Gasteiger partial charge in [0.25, 0.3) is 0 Å². The van der Waals surface area contributed by atoms with E-state index in [1.165, 1.54) is 0 Å². The molecule has 0 fully saturated rings. The van der Waals surface area contributed by atoms with Gasteiger partial charge in [-0.3, -0.25) is 10.1 Å². The predicted molar refractivity (Wildman–Crippen MR) is 117 cm³/mol. The average molecular weight is 426 g/mol. The number of ether oxygens (including phenoxy) is 1. The van der Waals surface area contributed by atoms with Gasteiger partial charge in [0, 0.05) is 11.6 Å². The van der Waals surface area contributed by atoms with E-state index < -0.39 is 29.1 Å². The number of esters is 1. The summed E-state index contributed by atoms with van der Waals surface area (Å²) in [6, 6.07) is 15.6. The van der Waals surface area contributed by atoms with Gasteiger partial charge in [0.2, 0.25) is 5.91 Å². The lowest BCUT2D eigenvalue weighted by Gasteiger charge is -2.21. The molecule has 0 bridgehead atoms. The van der Waals surface area contributed by atoms with Crippen molar-refractivity contribution in [2.75, 3.05) is 11.9 Å². The van der Waals surface area contributed by atoms with E-state index in [0.717, 1.165) is 22.9 Å². The van der Waals surface area contributed by atoms with E-state index in [1.807, 2.05) is 49.4 Å². The van der Waals surface area contributed by atoms with Crippen molar-refractivity contribution in [1.82, 2.24) is 5.32 Å². The average Bonchev–Trinajstić information content (AvgIpc) is 3.08. The van der Waals surface area contributed by atoms with Crippen LogP contribution in [0.2, 0.25) is 0 Å². The van der Waals surface area contributed by atoms with Gasteiger partial charge in [-0.15, -0.1) is 0 Å². The van der Waals surface area contributed by atoms with Crippen LogP contribution in [0.25, 0.3) is 0 Å². The van der Waals surface area contributed by atoms with Gasteiger partial charge in [0.1, 0.15) is 5.25 Å². The molecule has 1 aliphatic heterocycles. The van der Waals surface area contributed by atoms with Gasteiger partial charge in [-0.05, 0) is 31.5 Å². The zero-order valence-electron chi connectivity index (χ0n) is 16.7. The number of nitrogens with two attached hydrogens (primary N) is 1. The molecule has 2 unspecified atom stereocenters. The Hall–Kier alpha value is -3.26. The van der Waals surface area contributed by atoms with Crippen LogP contribution in [0.1, 0.15) is 24.0 Å². The molecule has 0 radical (unpaired) electrons. The summed E-state index contributed by atoms with van der Waals surface area (Å²) in [6.07, 6.45) is 0. The van der Waals surface area contributed by atoms with Crippen LogP contribution in [-0.2, 0) is 14.3 Å². The maximum absolute atomic E-state index is 12.9. The van der Waals surface area contributed by atoms with Crippen LogP contribution in [0, 0.1) is 6.92 Å². The number of urea groups is 1. The highest BCUT2D eigenvalue weighted by molar-refractivity contribution is 8.04. The van der Waals surface area contributed by atoms with E-state index in [-0.39, 0.29) is 17.2 Å². The molecule has 156 valence electrons. The Kier molecular flexibility index (Phi) is 6.79. The van der Waals surface area contributed by atoms with Crippen LogP contribution >= 0.6 is 11.8 Å². The number of carbonyl (C=O) groups is 3. The van der Waals surface area contributed by atoms with Crippen molar-refractivity contribution in [3.05, 3.63) is 76.3 Å². The highest BCUT2D eigenvalue weighted by Crippen LogP contribution is 2.46. The minimum atomic E-state index is -0.782. The molecule has 3 rings (SSSR count). The number of hydrogen-bond donors (Lipinski definition) is 3. The first kappa shape index (κ1) is 21.4. The summed E-state index contributed by atoms with van der Waals surface area (Å²) in [4.78, 5) is 37.8. The minimum absolute atomic E-state index is 0.192. The number of benzene rings is 2. The molecule has 30 heavy (non-hydrogen) atoms. The van der Waals surface area contributed by atoms with Crippen molar-refractivity contribution in [3.8, 4) is 0 Å². The van der Waals surface area contributed by atoms with Crippen molar-refractivity contribution in [2.45, 2.75) is 25.0 Å². The van der Waals surface area contributed by atoms with Gasteiger partial charge in [0.05, 0.1) is 17.2 Å². The molecule has 8 heteroatoms. The topological polar surface area (TPSA) is 111 Å². The number of hydrogen-bond acceptors (Lipinski definition) is 6. The third kappa shape index (κ3) is 4.83. The molecule has 0 aromatic heterocycles. The molecular weight excluding hydrogens is 402 g/mol. The highest BCUT2D eigenvalue weighted by Gasteiger charge is 2.44. The fraction of sp³-hybridized carbons (Fsp3) is 0.227. The third-order valence-electron chi connectivity index (χ3n) is 4.59. The van der Waals surface area contributed by atoms with E-state index in [0.29, 0.717) is 5.69 Å². The summed E-state index contributed by atoms with van der Waals surface area (Å²) in [5.41, 5.74) is 8.70. The van der Waals surface area contributed by atoms with Gasteiger partial charge in [0.15, 0.2) is 0 Å². The number of rotatable bonds is 5. The lowest BCUT2D eigenvalue weighted by atomic mass is 9.88. The van der Waals surface area contributed by atoms with Gasteiger partial charge in [-0.25, -0.2) is 9.59 Å². The molecule has 7 nitrogen and oxygen atoms in total. The fourth-order valence-corrected chi connectivity index (χ4v) is 4.40. The van der Waals surface area contributed by atoms with E-state index in [2.05, 4.69) is 10.6 Å². The van der Waals surface area contributed by atoms with Gasteiger partial charge >= 0.3 is 12.0 Å². The lowest BCUT2D eigenvalue weighted by Crippen LogP contribution is -2.41. The Balaban J connectivity index is 1.79. The predicted octanol–water partition coefficient (Wildman–Crippen LogP) is 3.28. The maximum atomic E-state index is 12.9. The van der Waals surface area contributed by atoms with Crippen molar-refractivity contribution in [2.24, 2.45) is 5.73 Å². The van der Waals surface area contributed by atoms with Crippen LogP contribution in [-0.4, -0.2) is 29.8 Å². The largest absolute Gasteiger partial charge is 0.463 e. The standard InChI is InChI=1S/C22H23N3O4S/c1-3-29-21(27)17-16(14-7-5-4-6-8-14)18(30-19(17)23)20(26)25-22(28)24-15-11-9-13(2)10-12-15/h4-12,16,18H,3,23H2,1-2H3,(H2,24,25,26,28). The number of anilines is 1. The Morgan fingerprint density at radius 3 is 2.37 bits per heavy atom. The van der Waals surface area contributed by atoms with Crippen LogP contribution in [0.4, 0.5) is 10.5 Å². The number of thioether (sulfide) groups is 1. The highest BCUT2D eigenvalue weighted by atomic mass is 32.2. The van der Waals surface area contributed by atoms with Crippen LogP contribution < -0.4 is 16.4 Å². The Morgan fingerprint density at radius 2 is 1.73 bits per heavy atom. The fourth-order valence-electron chi connectivity index (χ4n) is 3.20. The zero-order chi connectivity index (χ0) is 21.7. The summed E-state index contributed by atoms with van der Waals surface area (Å²) in [7, 11) is 0. The van der Waals surface area contributed by atoms with E-state index in [4.69, 9.17) is 10.5 Å². The summed E-state index contributed by atoms with van der Waals surface area (Å²) < 4.78 is 5.14. The molecule has 0 aliphatic carbocycles. The second-order valence-corrected chi connectivity index (χ2v) is 7.92. The van der Waals surface area contributed by atoms with E-state index >= 15 is 0 Å². The normalized spacial score (nSPS) is 18.1. The summed E-state index contributed by atoms with van der Waals surface area (Å²) in [6.45, 7) is 3.83. The molecular formula is C22H23N3O4S. The van der Waals surface area contributed by atoms with Gasteiger partial charge < -0.3 is 15.8 Å². The molecule has 0 saturated carbocycles. The SMILES string of the molecule is CCOC(=O)C1=C(N)SC(C(=O)NC(=O)Nc2ccc(C)cc2)C1c1ccccc1. The van der Waals surface area contributed by atoms with E-state index in [9.17, 15) is 14.4 Å². The molecule has 0 spiro atoms. The molecule has 1 heterocycles. The summed E-state index contributed by atoms with van der Waals surface area (Å²) >= 11 is 1.05. The first-order valence-electron chi connectivity index (χ1n) is 9.47. The Bertz CT molecular complexity index is 974. The molecule has 2 atom stereocenters. The van der Waals surface area contributed by atoms with Crippen LogP contribution in [0.15, 0.2) is 65.2 Å². The molecule has 2 aromatic carbocycles. The lowest BCUT2D eigenvalue weighted by molar-refractivity contribution is -0.138. The van der Waals surface area contributed by atoms with Gasteiger partial charge in [-0.1, -0.05) is 59.8 Å². The molecule has 3 amide bonds. The quantitative estimate of drug-likeness (QED) is 0.634. The molecule has 0 saturated heterocycles. The molecule has 4 N–H and O–H groups in total. The number of amides is 3.